The highest BCUT2D eigenvalue weighted by Crippen LogP contribution is 2.40. The van der Waals surface area contributed by atoms with Crippen molar-refractivity contribution in [1.82, 2.24) is 0 Å². The summed E-state index contributed by atoms with van der Waals surface area (Å²) in [5.74, 6) is -0.802. The van der Waals surface area contributed by atoms with E-state index in [2.05, 4.69) is 18.7 Å². The van der Waals surface area contributed by atoms with Gasteiger partial charge in [-0.3, -0.25) is 0 Å². The van der Waals surface area contributed by atoms with Crippen molar-refractivity contribution in [2.75, 3.05) is 0 Å². The molecule has 1 aliphatic carbocycles. The smallest absolute Gasteiger partial charge is 0.343 e. The van der Waals surface area contributed by atoms with Gasteiger partial charge in [0.15, 0.2) is 5.79 Å². The zero-order chi connectivity index (χ0) is 19.4. The molecule has 0 spiro atoms. The molecule has 0 aromatic carbocycles. The van der Waals surface area contributed by atoms with E-state index >= 15 is 0 Å². The van der Waals surface area contributed by atoms with Gasteiger partial charge in [0.25, 0.3) is 0 Å². The molecule has 5 heteroatoms. The fraction of sp³-hybridized carbons (Fsp3) is 0.591. The lowest BCUT2D eigenvalue weighted by Gasteiger charge is -2.24. The Morgan fingerprint density at radius 1 is 1.19 bits per heavy atom. The third-order valence-corrected chi connectivity index (χ3v) is 5.26. The second-order valence-electron chi connectivity index (χ2n) is 7.86. The van der Waals surface area contributed by atoms with Crippen molar-refractivity contribution in [1.29, 1.82) is 0 Å². The third kappa shape index (κ3) is 4.71. The Balaban J connectivity index is 2.00. The van der Waals surface area contributed by atoms with Gasteiger partial charge in [-0.15, -0.1) is 6.58 Å². The van der Waals surface area contributed by atoms with E-state index in [1.807, 2.05) is 13.8 Å². The molecule has 3 heterocycles. The van der Waals surface area contributed by atoms with Gasteiger partial charge in [-0.25, -0.2) is 4.79 Å². The van der Waals surface area contributed by atoms with E-state index in [0.29, 0.717) is 18.6 Å². The molecule has 1 unspecified atom stereocenters. The van der Waals surface area contributed by atoms with Gasteiger partial charge in [0.1, 0.15) is 11.5 Å². The normalized spacial score (nSPS) is 29.9. The average molecular weight is 374 g/mol. The molecule has 1 N–H and O–H groups in total. The molecule has 2 aliphatic heterocycles. The molecular formula is C22H30O5. The molecule has 1 aromatic heterocycles. The molecule has 0 amide bonds. The summed E-state index contributed by atoms with van der Waals surface area (Å²) in [5.41, 5.74) is -0.328. The van der Waals surface area contributed by atoms with Crippen LogP contribution in [0.4, 0.5) is 0 Å². The maximum absolute atomic E-state index is 12.7. The topological polar surface area (TPSA) is 68.9 Å². The minimum Gasteiger partial charge on any atom is -0.507 e. The predicted octanol–water partition coefficient (Wildman–Crippen LogP) is 4.59. The fourth-order valence-electron chi connectivity index (χ4n) is 4.00. The molecule has 2 bridgehead atoms. The highest BCUT2D eigenvalue weighted by atomic mass is 16.8. The van der Waals surface area contributed by atoms with Crippen LogP contribution in [0.5, 0.6) is 5.75 Å². The summed E-state index contributed by atoms with van der Waals surface area (Å²) >= 11 is 0. The van der Waals surface area contributed by atoms with E-state index in [-0.39, 0.29) is 17.4 Å². The van der Waals surface area contributed by atoms with E-state index < -0.39 is 23.4 Å². The quantitative estimate of drug-likeness (QED) is 0.728. The lowest BCUT2D eigenvalue weighted by molar-refractivity contribution is -0.146. The van der Waals surface area contributed by atoms with Crippen molar-refractivity contribution in [3.8, 4) is 5.75 Å². The molecule has 1 saturated heterocycles. The SMILES string of the molecule is C=CC1c2c(O)cc(oc2=O)CCCCCC/C=C\C[C@@H]2OC(C)(C)O[C@H]12. The lowest BCUT2D eigenvalue weighted by atomic mass is 9.89. The number of hydrogen-bond donors (Lipinski definition) is 1. The van der Waals surface area contributed by atoms with Crippen molar-refractivity contribution >= 4 is 0 Å². The van der Waals surface area contributed by atoms with Crippen LogP contribution in [0.15, 0.2) is 40.1 Å². The highest BCUT2D eigenvalue weighted by molar-refractivity contribution is 5.37. The van der Waals surface area contributed by atoms with Gasteiger partial charge in [-0.2, -0.15) is 0 Å². The van der Waals surface area contributed by atoms with Gasteiger partial charge in [-0.1, -0.05) is 31.1 Å². The Labute approximate surface area is 160 Å². The predicted molar refractivity (Wildman–Crippen MR) is 104 cm³/mol. The summed E-state index contributed by atoms with van der Waals surface area (Å²) in [4.78, 5) is 12.7. The van der Waals surface area contributed by atoms with Crippen molar-refractivity contribution in [3.63, 3.8) is 0 Å². The minimum absolute atomic E-state index is 0.0548. The fourth-order valence-corrected chi connectivity index (χ4v) is 4.00. The van der Waals surface area contributed by atoms with Crippen LogP contribution >= 0.6 is 0 Å². The third-order valence-electron chi connectivity index (χ3n) is 5.26. The second-order valence-corrected chi connectivity index (χ2v) is 7.86. The van der Waals surface area contributed by atoms with E-state index in [9.17, 15) is 9.90 Å². The minimum atomic E-state index is -0.761. The van der Waals surface area contributed by atoms with Gasteiger partial charge >= 0.3 is 5.63 Å². The monoisotopic (exact) mass is 374 g/mol. The summed E-state index contributed by atoms with van der Waals surface area (Å²) in [6.07, 6.45) is 12.0. The zero-order valence-electron chi connectivity index (χ0n) is 16.3. The van der Waals surface area contributed by atoms with Gasteiger partial charge in [0, 0.05) is 18.4 Å². The van der Waals surface area contributed by atoms with Crippen LogP contribution in [0, 0.1) is 0 Å². The van der Waals surface area contributed by atoms with Crippen molar-refractivity contribution in [2.24, 2.45) is 0 Å². The summed E-state index contributed by atoms with van der Waals surface area (Å²) in [7, 11) is 0. The number of hydrogen-bond acceptors (Lipinski definition) is 5. The summed E-state index contributed by atoms with van der Waals surface area (Å²) in [6, 6.07) is 1.56. The van der Waals surface area contributed by atoms with Crippen LogP contribution < -0.4 is 5.63 Å². The van der Waals surface area contributed by atoms with Gasteiger partial charge in [0.2, 0.25) is 0 Å². The maximum Gasteiger partial charge on any atom is 0.343 e. The Kier molecular flexibility index (Phi) is 6.22. The molecule has 27 heavy (non-hydrogen) atoms. The number of fused-ring (bicyclic) bond motifs is 9. The number of aryl methyl sites for hydroxylation is 1. The maximum atomic E-state index is 12.7. The van der Waals surface area contributed by atoms with E-state index in [1.165, 1.54) is 0 Å². The molecule has 3 atom stereocenters. The molecule has 4 rings (SSSR count). The molecular weight excluding hydrogens is 344 g/mol. The van der Waals surface area contributed by atoms with Crippen LogP contribution in [0.3, 0.4) is 0 Å². The summed E-state index contributed by atoms with van der Waals surface area (Å²) in [5, 5.41) is 10.6. The lowest BCUT2D eigenvalue weighted by Crippen LogP contribution is -2.31. The molecule has 3 aliphatic rings. The summed E-state index contributed by atoms with van der Waals surface area (Å²) < 4.78 is 17.7. The molecule has 1 fully saturated rings. The van der Waals surface area contributed by atoms with Crippen LogP contribution in [0.25, 0.3) is 0 Å². The summed E-state index contributed by atoms with van der Waals surface area (Å²) in [6.45, 7) is 7.60. The van der Waals surface area contributed by atoms with Gasteiger partial charge in [0.05, 0.1) is 17.8 Å². The molecule has 1 aromatic rings. The Bertz CT molecular complexity index is 746. The van der Waals surface area contributed by atoms with Crippen LogP contribution in [-0.4, -0.2) is 23.1 Å². The zero-order valence-corrected chi connectivity index (χ0v) is 16.3. The first-order valence-corrected chi connectivity index (χ1v) is 9.90. The number of allylic oxidation sites excluding steroid dienone is 1. The van der Waals surface area contributed by atoms with E-state index in [4.69, 9.17) is 13.9 Å². The molecule has 0 saturated carbocycles. The molecule has 148 valence electrons. The molecule has 5 nitrogen and oxygen atoms in total. The first kappa shape index (κ1) is 19.9. The van der Waals surface area contributed by atoms with Crippen molar-refractivity contribution < 1.29 is 19.0 Å². The van der Waals surface area contributed by atoms with Gasteiger partial charge < -0.3 is 19.0 Å². The van der Waals surface area contributed by atoms with Gasteiger partial charge in [-0.05, 0) is 39.5 Å². The van der Waals surface area contributed by atoms with Crippen LogP contribution in [0.2, 0.25) is 0 Å². The Morgan fingerprint density at radius 3 is 2.70 bits per heavy atom. The van der Waals surface area contributed by atoms with E-state index in [1.54, 1.807) is 12.1 Å². The standard InChI is InChI=1S/C22H30O5/c1-4-16-19-17(23)14-15(25-21(19)24)12-10-8-6-5-7-9-11-13-18-20(16)27-22(2,3)26-18/h4,9,11,14,16,18,20,23H,1,5-8,10,12-13H2,2-3H3/b11-9-/t16?,18-,20+/m0/s1. The number of ether oxygens (including phenoxy) is 2. The second kappa shape index (κ2) is 8.44. The van der Waals surface area contributed by atoms with Crippen molar-refractivity contribution in [3.05, 3.63) is 52.6 Å². The number of aromatic hydroxyl groups is 1. The highest BCUT2D eigenvalue weighted by Gasteiger charge is 2.45. The first-order chi connectivity index (χ1) is 12.9. The van der Waals surface area contributed by atoms with Crippen LogP contribution in [-0.2, 0) is 15.9 Å². The van der Waals surface area contributed by atoms with E-state index in [0.717, 1.165) is 32.1 Å². The Hall–Kier alpha value is -1.85. The van der Waals surface area contributed by atoms with Crippen molar-refractivity contribution in [2.45, 2.75) is 82.7 Å². The first-order valence-electron chi connectivity index (χ1n) is 9.90. The largest absolute Gasteiger partial charge is 0.507 e. The number of rotatable bonds is 1. The Morgan fingerprint density at radius 2 is 1.96 bits per heavy atom. The molecule has 0 radical (unpaired) electrons. The average Bonchev–Trinajstić information content (AvgIpc) is 2.90. The van der Waals surface area contributed by atoms with Crippen LogP contribution in [0.1, 0.15) is 69.6 Å².